The Morgan fingerprint density at radius 2 is 1.77 bits per heavy atom. The van der Waals surface area contributed by atoms with Crippen LogP contribution in [-0.4, -0.2) is 39.7 Å². The van der Waals surface area contributed by atoms with Crippen molar-refractivity contribution in [2.45, 2.75) is 38.7 Å². The molecule has 16 heteroatoms. The molecule has 1 saturated carbocycles. The molecule has 2 N–H and O–H groups in total. The quantitative estimate of drug-likeness (QED) is 0.118. The molecule has 0 atom stereocenters. The van der Waals surface area contributed by atoms with E-state index < -0.39 is 69.2 Å². The smallest absolute Gasteiger partial charge is 0.320 e. The van der Waals surface area contributed by atoms with E-state index in [0.717, 1.165) is 12.1 Å². The zero-order chi connectivity index (χ0) is 29.0. The van der Waals surface area contributed by atoms with Crippen molar-refractivity contribution >= 4 is 35.0 Å². The fourth-order valence-corrected chi connectivity index (χ4v) is 4.03. The summed E-state index contributed by atoms with van der Waals surface area (Å²) in [7, 11) is 0. The number of carbonyl (C=O) groups is 2. The Balaban J connectivity index is 1.48. The van der Waals surface area contributed by atoms with Crippen molar-refractivity contribution in [2.24, 2.45) is 5.92 Å². The molecule has 1 aliphatic carbocycles. The van der Waals surface area contributed by atoms with Crippen LogP contribution in [0.3, 0.4) is 0 Å². The second-order valence-electron chi connectivity index (χ2n) is 8.61. The third-order valence-electron chi connectivity index (χ3n) is 5.98. The molecule has 1 aromatic heterocycles. The first-order chi connectivity index (χ1) is 19.1. The summed E-state index contributed by atoms with van der Waals surface area (Å²) in [4.78, 5) is 35.1. The monoisotopic (exact) mass is 567 g/mol. The fraction of sp³-hybridized carbons (Fsp3) is 0.333. The lowest BCUT2D eigenvalue weighted by atomic mass is 9.87. The number of nitrogens with one attached hydrogen (secondary N) is 2. The highest BCUT2D eigenvalue weighted by molar-refractivity contribution is 6.02. The summed E-state index contributed by atoms with van der Waals surface area (Å²) in [6.45, 7) is 1.96. The highest BCUT2D eigenvalue weighted by Gasteiger charge is 2.31. The molecule has 0 bridgehead atoms. The molecule has 0 saturated heterocycles. The van der Waals surface area contributed by atoms with E-state index in [4.69, 9.17) is 13.9 Å². The lowest BCUT2D eigenvalue weighted by Gasteiger charge is -2.28. The zero-order valence-corrected chi connectivity index (χ0v) is 20.7. The Kier molecular flexibility index (Phi) is 8.45. The van der Waals surface area contributed by atoms with Gasteiger partial charge in [-0.05, 0) is 38.7 Å². The Bertz CT molecular complexity index is 1440. The first-order valence-electron chi connectivity index (χ1n) is 11.9. The standard InChI is InChI=1S/C24H21F4N5O7/c1-2-38-23(35)11-3-5-12(6-4-11)39-18-8-7-17(33(36)37)20(19(18)28)30-21(34)22-31-32-24(40-22)29-16-10-14(26)13(25)9-15(16)27/h7-12H,2-6H2,1H3,(H,29,32)(H,30,34). The number of hydrogen-bond donors (Lipinski definition) is 2. The molecule has 1 fully saturated rings. The van der Waals surface area contributed by atoms with Crippen molar-refractivity contribution in [2.75, 3.05) is 17.2 Å². The van der Waals surface area contributed by atoms with E-state index in [1.807, 2.05) is 5.32 Å². The van der Waals surface area contributed by atoms with Crippen LogP contribution in [0.4, 0.5) is 40.6 Å². The van der Waals surface area contributed by atoms with Gasteiger partial charge in [0, 0.05) is 18.2 Å². The van der Waals surface area contributed by atoms with Crippen LogP contribution in [0, 0.1) is 39.3 Å². The van der Waals surface area contributed by atoms with Gasteiger partial charge in [-0.1, -0.05) is 5.10 Å². The highest BCUT2D eigenvalue weighted by Crippen LogP contribution is 2.36. The molecular weight excluding hydrogens is 546 g/mol. The molecular formula is C24H21F4N5O7. The maximum Gasteiger partial charge on any atom is 0.320 e. The van der Waals surface area contributed by atoms with Crippen LogP contribution >= 0.6 is 0 Å². The van der Waals surface area contributed by atoms with Crippen LogP contribution < -0.4 is 15.4 Å². The van der Waals surface area contributed by atoms with Crippen molar-refractivity contribution in [3.63, 3.8) is 0 Å². The molecule has 12 nitrogen and oxygen atoms in total. The van der Waals surface area contributed by atoms with E-state index in [-0.39, 0.29) is 30.3 Å². The van der Waals surface area contributed by atoms with Gasteiger partial charge in [0.2, 0.25) is 0 Å². The fourth-order valence-electron chi connectivity index (χ4n) is 4.03. The highest BCUT2D eigenvalue weighted by atomic mass is 19.2. The summed E-state index contributed by atoms with van der Waals surface area (Å²) in [5.41, 5.74) is -2.23. The average Bonchev–Trinajstić information content (AvgIpc) is 3.38. The van der Waals surface area contributed by atoms with E-state index in [2.05, 4.69) is 15.5 Å². The van der Waals surface area contributed by atoms with E-state index in [9.17, 15) is 32.9 Å². The molecule has 4 rings (SSSR count). The molecule has 0 unspecified atom stereocenters. The number of nitro groups is 1. The average molecular weight is 567 g/mol. The summed E-state index contributed by atoms with van der Waals surface area (Å²) < 4.78 is 71.4. The predicted octanol–water partition coefficient (Wildman–Crippen LogP) is 5.03. The lowest BCUT2D eigenvalue weighted by molar-refractivity contribution is -0.384. The normalized spacial score (nSPS) is 16.7. The van der Waals surface area contributed by atoms with E-state index in [1.165, 1.54) is 0 Å². The number of hydrogen-bond acceptors (Lipinski definition) is 10. The maximum atomic E-state index is 15.3. The predicted molar refractivity (Wildman–Crippen MR) is 128 cm³/mol. The van der Waals surface area contributed by atoms with E-state index in [1.54, 1.807) is 6.92 Å². The van der Waals surface area contributed by atoms with Gasteiger partial charge in [-0.3, -0.25) is 19.7 Å². The van der Waals surface area contributed by atoms with Gasteiger partial charge in [0.25, 0.3) is 5.69 Å². The van der Waals surface area contributed by atoms with Gasteiger partial charge in [-0.2, -0.15) is 0 Å². The van der Waals surface area contributed by atoms with Gasteiger partial charge in [0.05, 0.1) is 29.2 Å². The molecule has 212 valence electrons. The SMILES string of the molecule is CCOC(=O)C1CCC(Oc2ccc([N+](=O)[O-])c(NC(=O)c3nnc(Nc4cc(F)c(F)cc4F)o3)c2F)CC1. The Morgan fingerprint density at radius 3 is 2.45 bits per heavy atom. The molecule has 1 aliphatic rings. The summed E-state index contributed by atoms with van der Waals surface area (Å²) in [5, 5.41) is 22.4. The Morgan fingerprint density at radius 1 is 1.07 bits per heavy atom. The van der Waals surface area contributed by atoms with Gasteiger partial charge < -0.3 is 24.5 Å². The van der Waals surface area contributed by atoms with Crippen LogP contribution in [0.25, 0.3) is 0 Å². The van der Waals surface area contributed by atoms with Crippen molar-refractivity contribution < 1.29 is 46.0 Å². The Hall–Kier alpha value is -4.76. The minimum atomic E-state index is -1.44. The first-order valence-corrected chi connectivity index (χ1v) is 11.9. The van der Waals surface area contributed by atoms with Gasteiger partial charge in [-0.25, -0.2) is 17.6 Å². The number of carbonyl (C=O) groups excluding carboxylic acids is 2. The molecule has 40 heavy (non-hydrogen) atoms. The number of nitro benzene ring substituents is 1. The first kappa shape index (κ1) is 28.3. The minimum Gasteiger partial charge on any atom is -0.487 e. The van der Waals surface area contributed by atoms with Crippen LogP contribution in [-0.2, 0) is 9.53 Å². The summed E-state index contributed by atoms with van der Waals surface area (Å²) in [6.07, 6.45) is 1.20. The number of amides is 1. The van der Waals surface area contributed by atoms with Crippen molar-refractivity contribution in [1.82, 2.24) is 10.2 Å². The molecule has 2 aromatic carbocycles. The molecule has 0 aliphatic heterocycles. The number of nitrogens with zero attached hydrogens (tertiary/aromatic N) is 3. The largest absolute Gasteiger partial charge is 0.487 e. The summed E-state index contributed by atoms with van der Waals surface area (Å²) >= 11 is 0. The molecule has 1 heterocycles. The number of esters is 1. The molecule has 0 radical (unpaired) electrons. The van der Waals surface area contributed by atoms with Crippen molar-refractivity contribution in [3.05, 3.63) is 63.5 Å². The van der Waals surface area contributed by atoms with Crippen LogP contribution in [0.15, 0.2) is 28.7 Å². The Labute approximate surface area is 222 Å². The maximum absolute atomic E-state index is 15.3. The summed E-state index contributed by atoms with van der Waals surface area (Å²) in [6, 6.07) is 2.11. The minimum absolute atomic E-state index is 0.256. The molecule has 3 aromatic rings. The van der Waals surface area contributed by atoms with Crippen molar-refractivity contribution in [1.29, 1.82) is 0 Å². The third kappa shape index (κ3) is 6.27. The van der Waals surface area contributed by atoms with E-state index >= 15 is 4.39 Å². The number of ether oxygens (including phenoxy) is 2. The van der Waals surface area contributed by atoms with Crippen LogP contribution in [0.2, 0.25) is 0 Å². The zero-order valence-electron chi connectivity index (χ0n) is 20.7. The topological polar surface area (TPSA) is 159 Å². The lowest BCUT2D eigenvalue weighted by Crippen LogP contribution is -2.29. The van der Waals surface area contributed by atoms with Gasteiger partial charge in [-0.15, -0.1) is 5.10 Å². The van der Waals surface area contributed by atoms with E-state index in [0.29, 0.717) is 31.7 Å². The number of halogens is 4. The number of benzene rings is 2. The van der Waals surface area contributed by atoms with Gasteiger partial charge >= 0.3 is 23.8 Å². The second-order valence-corrected chi connectivity index (χ2v) is 8.61. The summed E-state index contributed by atoms with van der Waals surface area (Å²) in [5.74, 6) is -8.33. The van der Waals surface area contributed by atoms with Gasteiger partial charge in [0.1, 0.15) is 5.82 Å². The van der Waals surface area contributed by atoms with Crippen LogP contribution in [0.1, 0.15) is 43.3 Å². The van der Waals surface area contributed by atoms with Gasteiger partial charge in [0.15, 0.2) is 28.9 Å². The third-order valence-corrected chi connectivity index (χ3v) is 5.98. The number of anilines is 3. The number of aromatic nitrogens is 2. The molecule has 0 spiro atoms. The molecule has 1 amide bonds. The van der Waals surface area contributed by atoms with Crippen LogP contribution in [0.5, 0.6) is 5.75 Å². The second kappa shape index (κ2) is 12.0. The van der Waals surface area contributed by atoms with Crippen molar-refractivity contribution in [3.8, 4) is 5.75 Å². The number of rotatable bonds is 9.